The summed E-state index contributed by atoms with van der Waals surface area (Å²) in [6, 6.07) is 1.31. The van der Waals surface area contributed by atoms with Crippen molar-refractivity contribution in [3.63, 3.8) is 0 Å². The minimum Gasteiger partial charge on any atom is -0.468 e. The van der Waals surface area contributed by atoms with Gasteiger partial charge in [0.1, 0.15) is 5.82 Å². The van der Waals surface area contributed by atoms with Crippen LogP contribution < -0.4 is 16.4 Å². The molecule has 0 saturated carbocycles. The molecule has 0 spiro atoms. The number of nitrogens with zero attached hydrogens (tertiary/aromatic N) is 1. The molecular weight excluding hydrogens is 361 g/mol. The van der Waals surface area contributed by atoms with Crippen molar-refractivity contribution < 1.29 is 18.7 Å². The van der Waals surface area contributed by atoms with Crippen LogP contribution in [0.15, 0.2) is 11.6 Å². The molecule has 150 valence electrons. The van der Waals surface area contributed by atoms with Crippen LogP contribution in [-0.2, 0) is 16.0 Å². The summed E-state index contributed by atoms with van der Waals surface area (Å²) in [5, 5.41) is 0. The second kappa shape index (κ2) is 7.54. The number of amides is 1. The zero-order chi connectivity index (χ0) is 19.8. The van der Waals surface area contributed by atoms with Crippen LogP contribution in [0.2, 0.25) is 0 Å². The minimum absolute atomic E-state index is 0.0192. The Kier molecular flexibility index (Phi) is 5.10. The molecule has 1 fully saturated rings. The van der Waals surface area contributed by atoms with Gasteiger partial charge in [-0.3, -0.25) is 9.59 Å². The Morgan fingerprint density at radius 1 is 1.39 bits per heavy atom. The van der Waals surface area contributed by atoms with E-state index in [-0.39, 0.29) is 17.5 Å². The van der Waals surface area contributed by atoms with E-state index in [1.807, 2.05) is 4.90 Å². The van der Waals surface area contributed by atoms with Gasteiger partial charge in [0.05, 0.1) is 12.3 Å². The predicted molar refractivity (Wildman–Crippen MR) is 104 cm³/mol. The highest BCUT2D eigenvalue weighted by atomic mass is 19.1. The first-order chi connectivity index (χ1) is 13.5. The van der Waals surface area contributed by atoms with Gasteiger partial charge < -0.3 is 21.1 Å². The van der Waals surface area contributed by atoms with E-state index >= 15 is 4.39 Å². The lowest BCUT2D eigenvalue weighted by Crippen LogP contribution is -2.43. The van der Waals surface area contributed by atoms with Crippen LogP contribution in [0.1, 0.15) is 53.6 Å². The number of fused-ring (bicyclic) bond motifs is 2. The van der Waals surface area contributed by atoms with E-state index < -0.39 is 11.7 Å². The molecule has 1 aromatic rings. The number of hydrogen-bond donors (Lipinski definition) is 2. The first-order valence-corrected chi connectivity index (χ1v) is 9.91. The first kappa shape index (κ1) is 18.9. The molecule has 28 heavy (non-hydrogen) atoms. The van der Waals surface area contributed by atoms with Gasteiger partial charge in [0.25, 0.3) is 6.47 Å². The van der Waals surface area contributed by atoms with Crippen LogP contribution in [0.4, 0.5) is 10.1 Å². The van der Waals surface area contributed by atoms with Crippen LogP contribution in [0.3, 0.4) is 0 Å². The van der Waals surface area contributed by atoms with Crippen molar-refractivity contribution in [2.45, 2.75) is 44.6 Å². The van der Waals surface area contributed by atoms with Crippen molar-refractivity contribution in [2.75, 3.05) is 24.6 Å². The smallest absolute Gasteiger partial charge is 0.293 e. The maximum atomic E-state index is 15.2. The molecular formula is C21H26FN3O3. The number of hydrogen-bond acceptors (Lipinski definition) is 5. The van der Waals surface area contributed by atoms with Crippen molar-refractivity contribution in [2.24, 2.45) is 17.4 Å². The molecule has 4 rings (SSSR count). The third-order valence-corrected chi connectivity index (χ3v) is 6.26. The molecule has 3 aliphatic rings. The summed E-state index contributed by atoms with van der Waals surface area (Å²) in [5.74, 6) is -0.744. The molecule has 2 atom stereocenters. The van der Waals surface area contributed by atoms with Gasteiger partial charge in [-0.25, -0.2) is 4.39 Å². The van der Waals surface area contributed by atoms with Crippen LogP contribution in [0.25, 0.3) is 5.57 Å². The van der Waals surface area contributed by atoms with E-state index in [1.165, 1.54) is 11.6 Å². The minimum atomic E-state index is -0.599. The number of carbonyl (C=O) groups is 2. The maximum Gasteiger partial charge on any atom is 0.293 e. The third kappa shape index (κ3) is 3.28. The molecule has 1 amide bonds. The average Bonchev–Trinajstić information content (AvgIpc) is 3.04. The summed E-state index contributed by atoms with van der Waals surface area (Å²) < 4.78 is 20.2. The summed E-state index contributed by atoms with van der Waals surface area (Å²) in [6.07, 6.45) is 4.90. The largest absolute Gasteiger partial charge is 0.468 e. The first-order valence-electron chi connectivity index (χ1n) is 9.91. The zero-order valence-electron chi connectivity index (χ0n) is 15.9. The molecule has 2 aliphatic carbocycles. The number of primary amides is 1. The van der Waals surface area contributed by atoms with E-state index in [0.717, 1.165) is 55.3 Å². The van der Waals surface area contributed by atoms with Crippen molar-refractivity contribution >= 4 is 23.6 Å². The molecule has 7 heteroatoms. The maximum absolute atomic E-state index is 15.2. The molecule has 1 aliphatic heterocycles. The average molecular weight is 387 g/mol. The molecule has 0 radical (unpaired) electrons. The van der Waals surface area contributed by atoms with Gasteiger partial charge in [0.15, 0.2) is 0 Å². The van der Waals surface area contributed by atoms with Gasteiger partial charge in [-0.1, -0.05) is 5.57 Å². The Labute approximate surface area is 163 Å². The Hall–Kier alpha value is -2.41. The lowest BCUT2D eigenvalue weighted by molar-refractivity contribution is -0.130. The highest BCUT2D eigenvalue weighted by Gasteiger charge is 2.36. The molecule has 1 aromatic carbocycles. The molecule has 1 saturated heterocycles. The summed E-state index contributed by atoms with van der Waals surface area (Å²) in [4.78, 5) is 24.6. The number of carbonyl (C=O) groups excluding carboxylic acids is 2. The van der Waals surface area contributed by atoms with Gasteiger partial charge in [0.2, 0.25) is 5.91 Å². The van der Waals surface area contributed by atoms with Gasteiger partial charge in [-0.15, -0.1) is 0 Å². The normalized spacial score (nSPS) is 24.0. The Morgan fingerprint density at radius 2 is 2.21 bits per heavy atom. The van der Waals surface area contributed by atoms with Crippen molar-refractivity contribution in [3.05, 3.63) is 34.1 Å². The Bertz CT molecular complexity index is 852. The number of ether oxygens (including phenoxy) is 1. The summed E-state index contributed by atoms with van der Waals surface area (Å²) in [7, 11) is 0. The highest BCUT2D eigenvalue weighted by molar-refractivity contribution is 5.99. The van der Waals surface area contributed by atoms with E-state index in [2.05, 4.69) is 0 Å². The molecule has 1 heterocycles. The van der Waals surface area contributed by atoms with Gasteiger partial charge in [-0.2, -0.15) is 0 Å². The summed E-state index contributed by atoms with van der Waals surface area (Å²) in [6.45, 7) is 2.23. The topological polar surface area (TPSA) is 98.7 Å². The van der Waals surface area contributed by atoms with Crippen molar-refractivity contribution in [3.8, 4) is 0 Å². The van der Waals surface area contributed by atoms with E-state index in [4.69, 9.17) is 16.2 Å². The zero-order valence-corrected chi connectivity index (χ0v) is 15.9. The third-order valence-electron chi connectivity index (χ3n) is 6.26. The quantitative estimate of drug-likeness (QED) is 0.754. The monoisotopic (exact) mass is 387 g/mol. The molecule has 6 nitrogen and oxygen atoms in total. The highest BCUT2D eigenvalue weighted by Crippen LogP contribution is 2.49. The predicted octanol–water partition coefficient (Wildman–Crippen LogP) is 2.13. The SMILES string of the molecule is NC(=O)c1cc(F)c(N2CCC[C@H](N)C2)c2c1CC1=C2CCC(COC=O)C1. The number of anilines is 1. The van der Waals surface area contributed by atoms with E-state index in [9.17, 15) is 9.59 Å². The molecule has 0 aromatic heterocycles. The fourth-order valence-corrected chi connectivity index (χ4v) is 5.04. The van der Waals surface area contributed by atoms with E-state index in [0.29, 0.717) is 31.7 Å². The molecule has 0 bridgehead atoms. The van der Waals surface area contributed by atoms with Crippen molar-refractivity contribution in [1.29, 1.82) is 0 Å². The Balaban J connectivity index is 1.77. The fourth-order valence-electron chi connectivity index (χ4n) is 5.04. The van der Waals surface area contributed by atoms with E-state index in [1.54, 1.807) is 0 Å². The van der Waals surface area contributed by atoms with Gasteiger partial charge >= 0.3 is 0 Å². The van der Waals surface area contributed by atoms with Crippen LogP contribution in [0, 0.1) is 11.7 Å². The lowest BCUT2D eigenvalue weighted by atomic mass is 9.84. The number of allylic oxidation sites excluding steroid dienone is 2. The number of halogens is 1. The Morgan fingerprint density at radius 3 is 2.93 bits per heavy atom. The molecule has 1 unspecified atom stereocenters. The van der Waals surface area contributed by atoms with Gasteiger partial charge in [0, 0.05) is 30.3 Å². The lowest BCUT2D eigenvalue weighted by Gasteiger charge is -2.35. The summed E-state index contributed by atoms with van der Waals surface area (Å²) in [5.41, 5.74) is 16.6. The molecule has 4 N–H and O–H groups in total. The van der Waals surface area contributed by atoms with Crippen LogP contribution in [-0.4, -0.2) is 38.1 Å². The number of piperidine rings is 1. The standard InChI is InChI=1S/C21H26FN3O3/c22-18-8-17(21(24)27)16-7-13-6-12(10-28-11-26)3-4-15(13)19(16)20(18)25-5-1-2-14(23)9-25/h8,11-12,14H,1-7,9-10,23H2,(H2,24,27)/t12?,14-/m0/s1. The number of nitrogens with two attached hydrogens (primary N) is 2. The second-order valence-electron chi connectivity index (χ2n) is 8.12. The number of benzene rings is 1. The van der Waals surface area contributed by atoms with Gasteiger partial charge in [-0.05, 0) is 61.6 Å². The van der Waals surface area contributed by atoms with Crippen LogP contribution in [0.5, 0.6) is 0 Å². The summed E-state index contributed by atoms with van der Waals surface area (Å²) >= 11 is 0. The van der Waals surface area contributed by atoms with Crippen molar-refractivity contribution in [1.82, 2.24) is 0 Å². The second-order valence-corrected chi connectivity index (χ2v) is 8.12. The number of rotatable bonds is 5. The van der Waals surface area contributed by atoms with Crippen LogP contribution >= 0.6 is 0 Å². The fraction of sp³-hybridized carbons (Fsp3) is 0.524.